The van der Waals surface area contributed by atoms with E-state index >= 15 is 0 Å². The van der Waals surface area contributed by atoms with Crippen molar-refractivity contribution in [2.24, 2.45) is 5.92 Å². The molecule has 2 atom stereocenters. The average Bonchev–Trinajstić information content (AvgIpc) is 2.82. The van der Waals surface area contributed by atoms with Gasteiger partial charge in [-0.3, -0.25) is 0 Å². The molecule has 1 N–H and O–H groups in total. The monoisotopic (exact) mass is 235 g/mol. The molecule has 1 aromatic rings. The first-order valence-electron chi connectivity index (χ1n) is 6.61. The topological polar surface area (TPSA) is 12.0 Å². The molecule has 2 aliphatic carbocycles. The summed E-state index contributed by atoms with van der Waals surface area (Å²) < 4.78 is 0. The standard InChI is InChI=1S/C14H21NS/c1-10-7-12(9-16-10)14-4-2-3-11(14)8-15-13-5-6-13/h7,9,11,13-15H,2-6,8H2,1H3. The molecule has 3 rings (SSSR count). The van der Waals surface area contributed by atoms with Crippen molar-refractivity contribution in [2.45, 2.75) is 51.0 Å². The summed E-state index contributed by atoms with van der Waals surface area (Å²) in [5, 5.41) is 6.09. The zero-order chi connectivity index (χ0) is 11.0. The van der Waals surface area contributed by atoms with E-state index in [0.717, 1.165) is 17.9 Å². The molecule has 2 fully saturated rings. The second-order valence-electron chi connectivity index (χ2n) is 5.47. The summed E-state index contributed by atoms with van der Waals surface area (Å²) in [5.41, 5.74) is 1.61. The van der Waals surface area contributed by atoms with Gasteiger partial charge >= 0.3 is 0 Å². The van der Waals surface area contributed by atoms with E-state index in [1.807, 2.05) is 11.3 Å². The molecule has 0 bridgehead atoms. The summed E-state index contributed by atoms with van der Waals surface area (Å²) in [6.07, 6.45) is 7.09. The van der Waals surface area contributed by atoms with Gasteiger partial charge in [0.2, 0.25) is 0 Å². The van der Waals surface area contributed by atoms with E-state index < -0.39 is 0 Å². The Morgan fingerprint density at radius 3 is 2.88 bits per heavy atom. The number of nitrogens with one attached hydrogen (secondary N) is 1. The fourth-order valence-corrected chi connectivity index (χ4v) is 3.75. The predicted octanol–water partition coefficient (Wildman–Crippen LogP) is 3.69. The van der Waals surface area contributed by atoms with Crippen LogP contribution in [0.15, 0.2) is 11.4 Å². The number of hydrogen-bond acceptors (Lipinski definition) is 2. The normalized spacial score (nSPS) is 29.8. The molecule has 0 spiro atoms. The molecular weight excluding hydrogens is 214 g/mol. The maximum Gasteiger partial charge on any atom is 0.00683 e. The van der Waals surface area contributed by atoms with Gasteiger partial charge in [0.15, 0.2) is 0 Å². The number of rotatable bonds is 4. The molecule has 0 saturated heterocycles. The number of thiophene rings is 1. The molecule has 16 heavy (non-hydrogen) atoms. The molecule has 2 heteroatoms. The Kier molecular flexibility index (Phi) is 3.03. The van der Waals surface area contributed by atoms with Crippen LogP contribution in [0.2, 0.25) is 0 Å². The van der Waals surface area contributed by atoms with E-state index in [1.165, 1.54) is 43.5 Å². The zero-order valence-corrected chi connectivity index (χ0v) is 10.9. The Balaban J connectivity index is 1.63. The highest BCUT2D eigenvalue weighted by molar-refractivity contribution is 7.10. The first-order valence-corrected chi connectivity index (χ1v) is 7.49. The van der Waals surface area contributed by atoms with Crippen molar-refractivity contribution in [3.8, 4) is 0 Å². The van der Waals surface area contributed by atoms with Gasteiger partial charge in [-0.2, -0.15) is 0 Å². The van der Waals surface area contributed by atoms with E-state index in [2.05, 4.69) is 23.7 Å². The number of aryl methyl sites for hydroxylation is 1. The maximum absolute atomic E-state index is 3.71. The van der Waals surface area contributed by atoms with E-state index in [9.17, 15) is 0 Å². The van der Waals surface area contributed by atoms with Crippen molar-refractivity contribution in [3.05, 3.63) is 21.9 Å². The first kappa shape index (κ1) is 10.8. The molecule has 88 valence electrons. The summed E-state index contributed by atoms with van der Waals surface area (Å²) in [5.74, 6) is 1.74. The molecule has 2 saturated carbocycles. The van der Waals surface area contributed by atoms with Crippen LogP contribution in [0.4, 0.5) is 0 Å². The van der Waals surface area contributed by atoms with Gasteiger partial charge in [-0.1, -0.05) is 6.42 Å². The van der Waals surface area contributed by atoms with Gasteiger partial charge in [-0.25, -0.2) is 0 Å². The van der Waals surface area contributed by atoms with Crippen LogP contribution in [0.1, 0.15) is 48.5 Å². The molecule has 1 nitrogen and oxygen atoms in total. The van der Waals surface area contributed by atoms with Gasteiger partial charge in [-0.05, 0) is 68.0 Å². The highest BCUT2D eigenvalue weighted by Crippen LogP contribution is 2.41. The van der Waals surface area contributed by atoms with Gasteiger partial charge in [0.05, 0.1) is 0 Å². The minimum atomic E-state index is 0.844. The van der Waals surface area contributed by atoms with Crippen molar-refractivity contribution >= 4 is 11.3 Å². The van der Waals surface area contributed by atoms with E-state index in [4.69, 9.17) is 0 Å². The van der Waals surface area contributed by atoms with Crippen molar-refractivity contribution in [2.75, 3.05) is 6.54 Å². The number of hydrogen-bond donors (Lipinski definition) is 1. The Hall–Kier alpha value is -0.340. The third-order valence-electron chi connectivity index (χ3n) is 4.08. The molecular formula is C14H21NS. The van der Waals surface area contributed by atoms with Crippen molar-refractivity contribution < 1.29 is 0 Å². The largest absolute Gasteiger partial charge is 0.314 e. The van der Waals surface area contributed by atoms with Crippen molar-refractivity contribution in [3.63, 3.8) is 0 Å². The van der Waals surface area contributed by atoms with Crippen LogP contribution < -0.4 is 5.32 Å². The maximum atomic E-state index is 3.71. The SMILES string of the molecule is Cc1cc(C2CCCC2CNC2CC2)cs1. The quantitative estimate of drug-likeness (QED) is 0.839. The summed E-state index contributed by atoms with van der Waals surface area (Å²) >= 11 is 1.91. The van der Waals surface area contributed by atoms with Crippen LogP contribution in [0.5, 0.6) is 0 Å². The summed E-state index contributed by atoms with van der Waals surface area (Å²) in [6, 6.07) is 3.27. The Labute approximate surface area is 102 Å². The first-order chi connectivity index (χ1) is 7.83. The minimum absolute atomic E-state index is 0.844. The highest BCUT2D eigenvalue weighted by atomic mass is 32.1. The van der Waals surface area contributed by atoms with Crippen LogP contribution in [0, 0.1) is 12.8 Å². The smallest absolute Gasteiger partial charge is 0.00683 e. The minimum Gasteiger partial charge on any atom is -0.314 e. The van der Waals surface area contributed by atoms with Gasteiger partial charge in [-0.15, -0.1) is 11.3 Å². The van der Waals surface area contributed by atoms with E-state index in [0.29, 0.717) is 0 Å². The molecule has 0 radical (unpaired) electrons. The van der Waals surface area contributed by atoms with Gasteiger partial charge in [0.1, 0.15) is 0 Å². The van der Waals surface area contributed by atoms with Gasteiger partial charge in [0.25, 0.3) is 0 Å². The fourth-order valence-electron chi connectivity index (χ4n) is 2.98. The van der Waals surface area contributed by atoms with Crippen LogP contribution >= 0.6 is 11.3 Å². The fraction of sp³-hybridized carbons (Fsp3) is 0.714. The van der Waals surface area contributed by atoms with Crippen molar-refractivity contribution in [1.82, 2.24) is 5.32 Å². The Morgan fingerprint density at radius 2 is 2.19 bits per heavy atom. The summed E-state index contributed by atoms with van der Waals surface area (Å²) in [4.78, 5) is 1.47. The van der Waals surface area contributed by atoms with E-state index in [-0.39, 0.29) is 0 Å². The zero-order valence-electron chi connectivity index (χ0n) is 10.0. The molecule has 2 unspecified atom stereocenters. The third kappa shape index (κ3) is 2.33. The molecule has 1 aromatic heterocycles. The van der Waals surface area contributed by atoms with Gasteiger partial charge in [0, 0.05) is 10.9 Å². The molecule has 1 heterocycles. The Bertz CT molecular complexity index is 353. The second-order valence-corrected chi connectivity index (χ2v) is 6.59. The summed E-state index contributed by atoms with van der Waals surface area (Å²) in [6.45, 7) is 3.48. The molecule has 0 amide bonds. The highest BCUT2D eigenvalue weighted by Gasteiger charge is 2.30. The lowest BCUT2D eigenvalue weighted by molar-refractivity contribution is 0.443. The molecule has 0 aromatic carbocycles. The lowest BCUT2D eigenvalue weighted by Gasteiger charge is -2.19. The van der Waals surface area contributed by atoms with Crippen LogP contribution in [-0.2, 0) is 0 Å². The third-order valence-corrected chi connectivity index (χ3v) is 4.96. The van der Waals surface area contributed by atoms with Crippen LogP contribution in [0.3, 0.4) is 0 Å². The molecule has 2 aliphatic rings. The van der Waals surface area contributed by atoms with E-state index in [1.54, 1.807) is 5.56 Å². The average molecular weight is 235 g/mol. The van der Waals surface area contributed by atoms with Crippen molar-refractivity contribution in [1.29, 1.82) is 0 Å². The summed E-state index contributed by atoms with van der Waals surface area (Å²) in [7, 11) is 0. The van der Waals surface area contributed by atoms with Crippen LogP contribution in [-0.4, -0.2) is 12.6 Å². The lowest BCUT2D eigenvalue weighted by Crippen LogP contribution is -2.26. The lowest BCUT2D eigenvalue weighted by atomic mass is 9.90. The molecule has 0 aliphatic heterocycles. The van der Waals surface area contributed by atoms with Crippen LogP contribution in [0.25, 0.3) is 0 Å². The second kappa shape index (κ2) is 4.50. The predicted molar refractivity (Wildman–Crippen MR) is 70.2 cm³/mol. The van der Waals surface area contributed by atoms with Gasteiger partial charge < -0.3 is 5.32 Å². The Morgan fingerprint density at radius 1 is 1.31 bits per heavy atom.